The van der Waals surface area contributed by atoms with Crippen molar-refractivity contribution in [2.75, 3.05) is 19.4 Å². The van der Waals surface area contributed by atoms with Gasteiger partial charge >= 0.3 is 0 Å². The Balaban J connectivity index is 2.04. The van der Waals surface area contributed by atoms with E-state index < -0.39 is 0 Å². The van der Waals surface area contributed by atoms with Gasteiger partial charge in [-0.2, -0.15) is 0 Å². The van der Waals surface area contributed by atoms with Crippen LogP contribution in [-0.4, -0.2) is 19.6 Å². The Labute approximate surface area is 141 Å². The third kappa shape index (κ3) is 4.39. The molecule has 0 saturated carbocycles. The van der Waals surface area contributed by atoms with Crippen LogP contribution in [0.2, 0.25) is 5.02 Å². The lowest BCUT2D eigenvalue weighted by Gasteiger charge is -2.11. The van der Waals surface area contributed by atoms with Crippen molar-refractivity contribution in [3.63, 3.8) is 0 Å². The number of ether oxygens (including phenoxy) is 1. The number of benzene rings is 2. The van der Waals surface area contributed by atoms with E-state index in [2.05, 4.69) is 37.4 Å². The lowest BCUT2D eigenvalue weighted by molar-refractivity contribution is 0.0951. The molecule has 2 aromatic carbocycles. The number of aryl methyl sites for hydroxylation is 2. The summed E-state index contributed by atoms with van der Waals surface area (Å²) in [5, 5.41) is 3.23. The number of hydrogen-bond acceptors (Lipinski definition) is 3. The molecule has 0 aliphatic rings. The molecular formula is C18H21ClN2O2. The first-order chi connectivity index (χ1) is 10.9. The van der Waals surface area contributed by atoms with Gasteiger partial charge in [-0.05, 0) is 31.9 Å². The summed E-state index contributed by atoms with van der Waals surface area (Å²) in [6.07, 6.45) is 0.763. The fraction of sp³-hybridized carbons (Fsp3) is 0.278. The predicted molar refractivity (Wildman–Crippen MR) is 94.4 cm³/mol. The van der Waals surface area contributed by atoms with Crippen molar-refractivity contribution in [3.05, 3.63) is 57.6 Å². The van der Waals surface area contributed by atoms with E-state index in [0.29, 0.717) is 28.6 Å². The van der Waals surface area contributed by atoms with Gasteiger partial charge in [-0.15, -0.1) is 0 Å². The number of carbonyl (C=O) groups is 1. The van der Waals surface area contributed by atoms with Crippen LogP contribution in [0.5, 0.6) is 5.75 Å². The number of nitrogens with one attached hydrogen (secondary N) is 1. The highest BCUT2D eigenvalue weighted by molar-refractivity contribution is 6.33. The van der Waals surface area contributed by atoms with Crippen LogP contribution in [0.1, 0.15) is 27.0 Å². The van der Waals surface area contributed by atoms with Gasteiger partial charge in [0.15, 0.2) is 0 Å². The molecule has 0 bridgehead atoms. The van der Waals surface area contributed by atoms with Crippen molar-refractivity contribution in [1.29, 1.82) is 0 Å². The second-order valence-electron chi connectivity index (χ2n) is 5.58. The van der Waals surface area contributed by atoms with Crippen LogP contribution in [-0.2, 0) is 6.42 Å². The van der Waals surface area contributed by atoms with Crippen molar-refractivity contribution in [1.82, 2.24) is 5.32 Å². The summed E-state index contributed by atoms with van der Waals surface area (Å²) in [6, 6.07) is 9.46. The average molecular weight is 333 g/mol. The highest BCUT2D eigenvalue weighted by Gasteiger charge is 2.14. The molecule has 1 amide bonds. The summed E-state index contributed by atoms with van der Waals surface area (Å²) < 4.78 is 5.20. The number of rotatable bonds is 5. The number of anilines is 1. The fourth-order valence-corrected chi connectivity index (χ4v) is 2.71. The molecule has 122 valence electrons. The average Bonchev–Trinajstić information content (AvgIpc) is 2.48. The lowest BCUT2D eigenvalue weighted by Crippen LogP contribution is -2.26. The number of nitrogen functional groups attached to an aromatic ring is 1. The summed E-state index contributed by atoms with van der Waals surface area (Å²) in [5.74, 6) is 0.184. The maximum atomic E-state index is 12.3. The second kappa shape index (κ2) is 7.38. The molecule has 0 spiro atoms. The van der Waals surface area contributed by atoms with E-state index in [1.54, 1.807) is 6.07 Å². The minimum Gasteiger partial charge on any atom is -0.496 e. The van der Waals surface area contributed by atoms with Crippen molar-refractivity contribution >= 4 is 23.2 Å². The van der Waals surface area contributed by atoms with Gasteiger partial charge in [0.2, 0.25) is 0 Å². The predicted octanol–water partition coefficient (Wildman–Crippen LogP) is 3.52. The molecule has 2 aromatic rings. The van der Waals surface area contributed by atoms with E-state index in [1.165, 1.54) is 29.9 Å². The first kappa shape index (κ1) is 17.2. The monoisotopic (exact) mass is 332 g/mol. The molecule has 23 heavy (non-hydrogen) atoms. The summed E-state index contributed by atoms with van der Waals surface area (Å²) in [4.78, 5) is 12.3. The minimum absolute atomic E-state index is 0.229. The van der Waals surface area contributed by atoms with Crippen LogP contribution >= 0.6 is 11.6 Å². The van der Waals surface area contributed by atoms with Gasteiger partial charge in [-0.1, -0.05) is 40.9 Å². The fourth-order valence-electron chi connectivity index (χ4n) is 2.54. The summed E-state index contributed by atoms with van der Waals surface area (Å²) in [6.45, 7) is 4.67. The maximum Gasteiger partial charge on any atom is 0.255 e. The molecule has 0 aliphatic carbocycles. The maximum absolute atomic E-state index is 12.3. The van der Waals surface area contributed by atoms with E-state index in [9.17, 15) is 4.79 Å². The van der Waals surface area contributed by atoms with Crippen LogP contribution in [0.4, 0.5) is 5.69 Å². The number of carbonyl (C=O) groups excluding carboxylic acids is 1. The van der Waals surface area contributed by atoms with Gasteiger partial charge in [0.05, 0.1) is 23.4 Å². The molecular weight excluding hydrogens is 312 g/mol. The molecule has 0 aromatic heterocycles. The van der Waals surface area contributed by atoms with Gasteiger partial charge in [0.1, 0.15) is 5.75 Å². The molecule has 4 nitrogen and oxygen atoms in total. The standard InChI is InChI=1S/C18H21ClN2O2/c1-11-6-12(2)8-13(7-11)4-5-21-18(22)14-9-15(19)16(20)10-17(14)23-3/h6-10H,4-5,20H2,1-3H3,(H,21,22). The molecule has 0 radical (unpaired) electrons. The van der Waals surface area contributed by atoms with Gasteiger partial charge in [-0.25, -0.2) is 0 Å². The smallest absolute Gasteiger partial charge is 0.255 e. The minimum atomic E-state index is -0.229. The van der Waals surface area contributed by atoms with Crippen LogP contribution in [0.3, 0.4) is 0 Å². The summed E-state index contributed by atoms with van der Waals surface area (Å²) >= 11 is 5.99. The highest BCUT2D eigenvalue weighted by Crippen LogP contribution is 2.28. The Hall–Kier alpha value is -2.20. The van der Waals surface area contributed by atoms with Crippen LogP contribution in [0.25, 0.3) is 0 Å². The van der Waals surface area contributed by atoms with E-state index in [-0.39, 0.29) is 5.91 Å². The van der Waals surface area contributed by atoms with Gasteiger partial charge in [-0.3, -0.25) is 4.79 Å². The number of hydrogen-bond donors (Lipinski definition) is 2. The van der Waals surface area contributed by atoms with Crippen molar-refractivity contribution in [3.8, 4) is 5.75 Å². The molecule has 0 heterocycles. The Kier molecular flexibility index (Phi) is 5.50. The first-order valence-corrected chi connectivity index (χ1v) is 7.77. The van der Waals surface area contributed by atoms with Crippen molar-refractivity contribution in [2.45, 2.75) is 20.3 Å². The molecule has 0 fully saturated rings. The van der Waals surface area contributed by atoms with Crippen LogP contribution in [0, 0.1) is 13.8 Å². The first-order valence-electron chi connectivity index (χ1n) is 7.39. The third-order valence-electron chi connectivity index (χ3n) is 3.54. The zero-order chi connectivity index (χ0) is 17.0. The Morgan fingerprint density at radius 2 is 1.83 bits per heavy atom. The Morgan fingerprint density at radius 3 is 2.43 bits per heavy atom. The van der Waals surface area contributed by atoms with Gasteiger partial charge in [0, 0.05) is 12.6 Å². The van der Waals surface area contributed by atoms with Gasteiger partial charge in [0.25, 0.3) is 5.91 Å². The number of amides is 1. The normalized spacial score (nSPS) is 10.4. The van der Waals surface area contributed by atoms with Crippen molar-refractivity contribution < 1.29 is 9.53 Å². The highest BCUT2D eigenvalue weighted by atomic mass is 35.5. The summed E-state index contributed by atoms with van der Waals surface area (Å²) in [7, 11) is 1.50. The van der Waals surface area contributed by atoms with E-state index in [4.69, 9.17) is 22.1 Å². The molecule has 0 saturated heterocycles. The topological polar surface area (TPSA) is 64.3 Å². The Morgan fingerprint density at radius 1 is 1.17 bits per heavy atom. The quantitative estimate of drug-likeness (QED) is 0.823. The second-order valence-corrected chi connectivity index (χ2v) is 5.98. The molecule has 3 N–H and O–H groups in total. The SMILES string of the molecule is COc1cc(N)c(Cl)cc1C(=O)NCCc1cc(C)cc(C)c1. The van der Waals surface area contributed by atoms with Gasteiger partial charge < -0.3 is 15.8 Å². The zero-order valence-electron chi connectivity index (χ0n) is 13.6. The van der Waals surface area contributed by atoms with E-state index >= 15 is 0 Å². The zero-order valence-corrected chi connectivity index (χ0v) is 14.3. The number of halogens is 1. The third-order valence-corrected chi connectivity index (χ3v) is 3.87. The number of nitrogens with two attached hydrogens (primary N) is 1. The molecule has 2 rings (SSSR count). The van der Waals surface area contributed by atoms with Crippen molar-refractivity contribution in [2.24, 2.45) is 0 Å². The van der Waals surface area contributed by atoms with E-state index in [1.807, 2.05) is 0 Å². The molecule has 0 atom stereocenters. The van der Waals surface area contributed by atoms with Crippen LogP contribution < -0.4 is 15.8 Å². The lowest BCUT2D eigenvalue weighted by atomic mass is 10.1. The summed E-state index contributed by atoms with van der Waals surface area (Å²) in [5.41, 5.74) is 10.1. The largest absolute Gasteiger partial charge is 0.496 e. The van der Waals surface area contributed by atoms with E-state index in [0.717, 1.165) is 6.42 Å². The number of methoxy groups -OCH3 is 1. The Bertz CT molecular complexity index is 709. The molecule has 0 aliphatic heterocycles. The van der Waals surface area contributed by atoms with Crippen LogP contribution in [0.15, 0.2) is 30.3 Å². The molecule has 5 heteroatoms. The molecule has 0 unspecified atom stereocenters.